The molecule has 0 aliphatic carbocycles. The lowest BCUT2D eigenvalue weighted by Gasteiger charge is -2.08. The number of hydrogen-bond donors (Lipinski definition) is 3. The van der Waals surface area contributed by atoms with Crippen molar-refractivity contribution in [3.63, 3.8) is 0 Å². The van der Waals surface area contributed by atoms with Gasteiger partial charge in [-0.05, 0) is 18.1 Å². The van der Waals surface area contributed by atoms with Crippen LogP contribution in [0.2, 0.25) is 0 Å². The van der Waals surface area contributed by atoms with Gasteiger partial charge in [0.15, 0.2) is 0 Å². The summed E-state index contributed by atoms with van der Waals surface area (Å²) in [5.41, 5.74) is 12.0. The molecule has 0 aromatic carbocycles. The number of nitrogens with two attached hydrogens (primary N) is 2. The molecule has 4 nitrogen and oxygen atoms in total. The predicted octanol–water partition coefficient (Wildman–Crippen LogP) is -0.0523. The number of pyridine rings is 1. The van der Waals surface area contributed by atoms with Crippen molar-refractivity contribution in [3.05, 3.63) is 23.9 Å². The van der Waals surface area contributed by atoms with Gasteiger partial charge in [-0.25, -0.2) is 4.98 Å². The lowest BCUT2D eigenvalue weighted by Crippen LogP contribution is -2.27. The third-order valence-corrected chi connectivity index (χ3v) is 1.64. The zero-order chi connectivity index (χ0) is 8.97. The first-order valence-corrected chi connectivity index (χ1v) is 3.80. The highest BCUT2D eigenvalue weighted by molar-refractivity contribution is 5.85. The highest BCUT2D eigenvalue weighted by Gasteiger charge is 2.04. The zero-order valence-electron chi connectivity index (χ0n) is 7.18. The minimum atomic E-state index is -0.253. The number of anilines is 1. The van der Waals surface area contributed by atoms with Gasteiger partial charge in [0.05, 0.1) is 6.61 Å². The number of halogens is 1. The van der Waals surface area contributed by atoms with Gasteiger partial charge in [0.1, 0.15) is 5.82 Å². The van der Waals surface area contributed by atoms with Gasteiger partial charge in [-0.15, -0.1) is 12.4 Å². The number of nitrogens with zero attached hydrogens (tertiary/aromatic N) is 1. The van der Waals surface area contributed by atoms with Gasteiger partial charge in [-0.2, -0.15) is 0 Å². The number of hydrogen-bond acceptors (Lipinski definition) is 4. The average molecular weight is 204 g/mol. The van der Waals surface area contributed by atoms with E-state index in [9.17, 15) is 0 Å². The van der Waals surface area contributed by atoms with Crippen molar-refractivity contribution >= 4 is 18.2 Å². The summed E-state index contributed by atoms with van der Waals surface area (Å²) in [5.74, 6) is 0.487. The Kier molecular flexibility index (Phi) is 5.37. The van der Waals surface area contributed by atoms with Crippen molar-refractivity contribution in [2.45, 2.75) is 12.5 Å². The summed E-state index contributed by atoms with van der Waals surface area (Å²) < 4.78 is 0. The van der Waals surface area contributed by atoms with E-state index in [1.807, 2.05) is 6.07 Å². The van der Waals surface area contributed by atoms with Crippen molar-refractivity contribution in [2.24, 2.45) is 5.73 Å². The second kappa shape index (κ2) is 5.75. The second-order valence-corrected chi connectivity index (χ2v) is 2.69. The molecule has 0 aliphatic heterocycles. The topological polar surface area (TPSA) is 85.2 Å². The summed E-state index contributed by atoms with van der Waals surface area (Å²) in [6.07, 6.45) is 2.19. The molecule has 0 aliphatic rings. The Labute approximate surface area is 83.4 Å². The Morgan fingerprint density at radius 3 is 2.77 bits per heavy atom. The minimum Gasteiger partial charge on any atom is -0.395 e. The van der Waals surface area contributed by atoms with Crippen molar-refractivity contribution in [1.82, 2.24) is 4.98 Å². The molecule has 1 atom stereocenters. The molecule has 0 amide bonds. The molecule has 1 unspecified atom stereocenters. The molecular weight excluding hydrogens is 190 g/mol. The van der Waals surface area contributed by atoms with E-state index < -0.39 is 0 Å². The molecule has 0 bridgehead atoms. The van der Waals surface area contributed by atoms with Crippen LogP contribution in [0.15, 0.2) is 18.3 Å². The Bertz CT molecular complexity index is 257. The Morgan fingerprint density at radius 1 is 1.54 bits per heavy atom. The van der Waals surface area contributed by atoms with Gasteiger partial charge in [0.2, 0.25) is 0 Å². The molecule has 1 rings (SSSR count). The van der Waals surface area contributed by atoms with Crippen LogP contribution in [0.4, 0.5) is 5.82 Å². The van der Waals surface area contributed by atoms with E-state index in [4.69, 9.17) is 16.6 Å². The Morgan fingerprint density at radius 2 is 2.23 bits per heavy atom. The number of aliphatic hydroxyl groups is 1. The van der Waals surface area contributed by atoms with Crippen molar-refractivity contribution in [3.8, 4) is 0 Å². The molecule has 0 saturated heterocycles. The molecule has 0 fully saturated rings. The van der Waals surface area contributed by atoms with Gasteiger partial charge >= 0.3 is 0 Å². The van der Waals surface area contributed by atoms with E-state index in [2.05, 4.69) is 4.98 Å². The third kappa shape index (κ3) is 3.59. The largest absolute Gasteiger partial charge is 0.395 e. The number of aliphatic hydroxyl groups excluding tert-OH is 1. The maximum absolute atomic E-state index is 8.70. The lowest BCUT2D eigenvalue weighted by atomic mass is 10.1. The first-order valence-electron chi connectivity index (χ1n) is 3.80. The van der Waals surface area contributed by atoms with Crippen molar-refractivity contribution in [1.29, 1.82) is 0 Å². The average Bonchev–Trinajstić information content (AvgIpc) is 2.09. The van der Waals surface area contributed by atoms with Crippen LogP contribution >= 0.6 is 12.4 Å². The van der Waals surface area contributed by atoms with E-state index in [0.29, 0.717) is 12.2 Å². The molecule has 1 aromatic heterocycles. The zero-order valence-corrected chi connectivity index (χ0v) is 8.00. The fourth-order valence-electron chi connectivity index (χ4n) is 0.970. The van der Waals surface area contributed by atoms with Gasteiger partial charge in [-0.3, -0.25) is 0 Å². The third-order valence-electron chi connectivity index (χ3n) is 1.64. The van der Waals surface area contributed by atoms with Crippen LogP contribution in [-0.4, -0.2) is 22.7 Å². The van der Waals surface area contributed by atoms with Gasteiger partial charge in [-0.1, -0.05) is 6.07 Å². The molecule has 5 heteroatoms. The number of aromatic nitrogens is 1. The summed E-state index contributed by atoms with van der Waals surface area (Å²) in [7, 11) is 0. The van der Waals surface area contributed by atoms with Crippen LogP contribution in [-0.2, 0) is 6.42 Å². The Balaban J connectivity index is 0.00000144. The first kappa shape index (κ1) is 12.2. The monoisotopic (exact) mass is 203 g/mol. The molecule has 0 spiro atoms. The van der Waals surface area contributed by atoms with Crippen LogP contribution in [0.3, 0.4) is 0 Å². The van der Waals surface area contributed by atoms with E-state index in [0.717, 1.165) is 5.56 Å². The van der Waals surface area contributed by atoms with Crippen molar-refractivity contribution in [2.75, 3.05) is 12.3 Å². The Hall–Kier alpha value is -0.840. The van der Waals surface area contributed by atoms with E-state index in [-0.39, 0.29) is 25.1 Å². The summed E-state index contributed by atoms with van der Waals surface area (Å²) in [4.78, 5) is 3.91. The van der Waals surface area contributed by atoms with Crippen LogP contribution < -0.4 is 11.5 Å². The highest BCUT2D eigenvalue weighted by Crippen LogP contribution is 2.08. The molecule has 74 valence electrons. The maximum atomic E-state index is 8.70. The van der Waals surface area contributed by atoms with Crippen LogP contribution in [0.25, 0.3) is 0 Å². The normalized spacial score (nSPS) is 11.8. The molecule has 0 saturated carbocycles. The van der Waals surface area contributed by atoms with Crippen molar-refractivity contribution < 1.29 is 5.11 Å². The molecular formula is C8H14ClN3O. The molecule has 5 N–H and O–H groups in total. The van der Waals surface area contributed by atoms with Gasteiger partial charge < -0.3 is 16.6 Å². The summed E-state index contributed by atoms with van der Waals surface area (Å²) in [6.45, 7) is -0.0334. The molecule has 1 aromatic rings. The fourth-order valence-corrected chi connectivity index (χ4v) is 0.970. The molecule has 1 heterocycles. The SMILES string of the molecule is Cl.Nc1ncccc1CC(N)CO. The fraction of sp³-hybridized carbons (Fsp3) is 0.375. The standard InChI is InChI=1S/C8H13N3O.ClH/c9-7(5-12)4-6-2-1-3-11-8(6)10;/h1-3,7,12H,4-5,9H2,(H2,10,11);1H. The minimum absolute atomic E-state index is 0. The van der Waals surface area contributed by atoms with Gasteiger partial charge in [0, 0.05) is 12.2 Å². The van der Waals surface area contributed by atoms with E-state index >= 15 is 0 Å². The second-order valence-electron chi connectivity index (χ2n) is 2.69. The summed E-state index contributed by atoms with van der Waals surface area (Å²) >= 11 is 0. The highest BCUT2D eigenvalue weighted by atomic mass is 35.5. The molecule has 13 heavy (non-hydrogen) atoms. The quantitative estimate of drug-likeness (QED) is 0.643. The first-order chi connectivity index (χ1) is 5.74. The van der Waals surface area contributed by atoms with E-state index in [1.54, 1.807) is 12.3 Å². The number of rotatable bonds is 3. The maximum Gasteiger partial charge on any atom is 0.126 e. The number of nitrogen functional groups attached to an aromatic ring is 1. The molecule has 0 radical (unpaired) electrons. The van der Waals surface area contributed by atoms with Crippen LogP contribution in [0.5, 0.6) is 0 Å². The van der Waals surface area contributed by atoms with E-state index in [1.165, 1.54) is 0 Å². The van der Waals surface area contributed by atoms with Crippen LogP contribution in [0, 0.1) is 0 Å². The summed E-state index contributed by atoms with van der Waals surface area (Å²) in [5, 5.41) is 8.70. The predicted molar refractivity (Wildman–Crippen MR) is 54.7 cm³/mol. The van der Waals surface area contributed by atoms with Crippen LogP contribution in [0.1, 0.15) is 5.56 Å². The summed E-state index contributed by atoms with van der Waals surface area (Å²) in [6, 6.07) is 3.41. The smallest absolute Gasteiger partial charge is 0.126 e. The van der Waals surface area contributed by atoms with Gasteiger partial charge in [0.25, 0.3) is 0 Å². The lowest BCUT2D eigenvalue weighted by molar-refractivity contribution is 0.265.